The van der Waals surface area contributed by atoms with Crippen molar-refractivity contribution in [2.24, 2.45) is 0 Å². The van der Waals surface area contributed by atoms with Gasteiger partial charge in [0.1, 0.15) is 0 Å². The Kier molecular flexibility index (Phi) is 8.88. The zero-order chi connectivity index (χ0) is 25.5. The molecule has 0 saturated heterocycles. The first-order valence-electron chi connectivity index (χ1n) is 12.6. The molecule has 0 spiro atoms. The van der Waals surface area contributed by atoms with E-state index >= 15 is 0 Å². The van der Waals surface area contributed by atoms with Crippen LogP contribution in [0.3, 0.4) is 0 Å². The van der Waals surface area contributed by atoms with Crippen LogP contribution in [0, 0.1) is 0 Å². The van der Waals surface area contributed by atoms with E-state index in [1.54, 1.807) is 37.3 Å². The monoisotopic (exact) mass is 527 g/mol. The summed E-state index contributed by atoms with van der Waals surface area (Å²) in [5.74, 6) is -0.159. The zero-order valence-electron chi connectivity index (χ0n) is 20.7. The predicted molar refractivity (Wildman–Crippen MR) is 143 cm³/mol. The first kappa shape index (κ1) is 26.5. The van der Waals surface area contributed by atoms with E-state index in [2.05, 4.69) is 4.57 Å². The van der Waals surface area contributed by atoms with Gasteiger partial charge < -0.3 is 9.47 Å². The van der Waals surface area contributed by atoms with E-state index in [4.69, 9.17) is 11.6 Å². The highest BCUT2D eigenvalue weighted by atomic mass is 35.5. The molecular weight excluding hydrogens is 494 g/mol. The van der Waals surface area contributed by atoms with Crippen LogP contribution in [0.25, 0.3) is 0 Å². The van der Waals surface area contributed by atoms with Crippen molar-refractivity contribution in [3.63, 3.8) is 0 Å². The molecule has 2 aromatic carbocycles. The molecule has 1 heterocycles. The summed E-state index contributed by atoms with van der Waals surface area (Å²) in [7, 11) is -3.76. The van der Waals surface area contributed by atoms with Crippen molar-refractivity contribution in [3.05, 3.63) is 89.2 Å². The number of halogens is 1. The van der Waals surface area contributed by atoms with E-state index in [9.17, 15) is 13.2 Å². The molecule has 1 saturated carbocycles. The van der Waals surface area contributed by atoms with Crippen LogP contribution in [0.15, 0.2) is 77.8 Å². The molecule has 1 amide bonds. The average molecular weight is 528 g/mol. The van der Waals surface area contributed by atoms with Gasteiger partial charge in [-0.25, -0.2) is 8.42 Å². The number of nitrogens with zero attached hydrogens (tertiary/aromatic N) is 3. The van der Waals surface area contributed by atoms with Crippen molar-refractivity contribution < 1.29 is 13.2 Å². The molecule has 0 aliphatic heterocycles. The maximum atomic E-state index is 13.7. The Bertz CT molecular complexity index is 1250. The number of aromatic nitrogens is 1. The summed E-state index contributed by atoms with van der Waals surface area (Å²) in [5.41, 5.74) is 2.01. The molecule has 0 N–H and O–H groups in total. The number of amides is 1. The lowest BCUT2D eigenvalue weighted by atomic mass is 9.94. The van der Waals surface area contributed by atoms with Crippen molar-refractivity contribution in [2.75, 3.05) is 13.1 Å². The molecular formula is C28H34ClN3O3S. The fraction of sp³-hybridized carbons (Fsp3) is 0.393. The lowest BCUT2D eigenvalue weighted by Crippen LogP contribution is -2.47. The Balaban J connectivity index is 1.56. The number of carbonyl (C=O) groups is 1. The van der Waals surface area contributed by atoms with Gasteiger partial charge in [-0.1, -0.05) is 74.2 Å². The number of hydrogen-bond acceptors (Lipinski definition) is 3. The van der Waals surface area contributed by atoms with Crippen molar-refractivity contribution in [1.82, 2.24) is 13.8 Å². The third-order valence-corrected chi connectivity index (χ3v) is 9.24. The van der Waals surface area contributed by atoms with E-state index in [0.717, 1.165) is 36.9 Å². The minimum Gasteiger partial charge on any atom is -0.345 e. The topological polar surface area (TPSA) is 62.6 Å². The maximum Gasteiger partial charge on any atom is 0.243 e. The highest BCUT2D eigenvalue weighted by Gasteiger charge is 2.31. The molecule has 8 heteroatoms. The van der Waals surface area contributed by atoms with Crippen LogP contribution in [0.5, 0.6) is 0 Å². The molecule has 36 heavy (non-hydrogen) atoms. The van der Waals surface area contributed by atoms with E-state index in [1.807, 2.05) is 47.5 Å². The Morgan fingerprint density at radius 1 is 0.972 bits per heavy atom. The zero-order valence-corrected chi connectivity index (χ0v) is 22.3. The SMILES string of the molecule is CCN(CC(=O)N(Cc1cccn1Cc1ccccc1Cl)C1CCCCC1)S(=O)(=O)c1ccccc1. The van der Waals surface area contributed by atoms with Gasteiger partial charge in [-0.15, -0.1) is 0 Å². The van der Waals surface area contributed by atoms with E-state index in [-0.39, 0.29) is 29.9 Å². The van der Waals surface area contributed by atoms with Crippen molar-refractivity contribution >= 4 is 27.5 Å². The first-order chi connectivity index (χ1) is 17.4. The molecule has 6 nitrogen and oxygen atoms in total. The number of rotatable bonds is 10. The van der Waals surface area contributed by atoms with E-state index < -0.39 is 10.0 Å². The van der Waals surface area contributed by atoms with Crippen LogP contribution in [0.4, 0.5) is 0 Å². The summed E-state index contributed by atoms with van der Waals surface area (Å²) < 4.78 is 29.9. The Morgan fingerprint density at radius 3 is 2.36 bits per heavy atom. The van der Waals surface area contributed by atoms with E-state index in [0.29, 0.717) is 18.1 Å². The Hall–Kier alpha value is -2.61. The third kappa shape index (κ3) is 6.20. The maximum absolute atomic E-state index is 13.7. The van der Waals surface area contributed by atoms with Crippen LogP contribution in [-0.4, -0.2) is 47.2 Å². The summed E-state index contributed by atoms with van der Waals surface area (Å²) in [6.07, 6.45) is 7.21. The number of benzene rings is 2. The number of likely N-dealkylation sites (N-methyl/N-ethyl adjacent to an activating group) is 1. The Labute approximate surface area is 219 Å². The van der Waals surface area contributed by atoms with Crippen molar-refractivity contribution in [1.29, 1.82) is 0 Å². The van der Waals surface area contributed by atoms with Gasteiger partial charge in [-0.05, 0) is 48.7 Å². The molecule has 1 fully saturated rings. The smallest absolute Gasteiger partial charge is 0.243 e. The first-order valence-corrected chi connectivity index (χ1v) is 14.4. The van der Waals surface area contributed by atoms with Crippen LogP contribution in [0.1, 0.15) is 50.3 Å². The van der Waals surface area contributed by atoms with Gasteiger partial charge in [0.15, 0.2) is 0 Å². The van der Waals surface area contributed by atoms with Crippen molar-refractivity contribution in [2.45, 2.75) is 63.1 Å². The second kappa shape index (κ2) is 12.1. The molecule has 1 aliphatic carbocycles. The van der Waals surface area contributed by atoms with Gasteiger partial charge in [0.2, 0.25) is 15.9 Å². The summed E-state index contributed by atoms with van der Waals surface area (Å²) in [5, 5.41) is 0.710. The number of sulfonamides is 1. The minimum atomic E-state index is -3.76. The summed E-state index contributed by atoms with van der Waals surface area (Å²) in [6, 6.07) is 20.2. The molecule has 0 radical (unpaired) electrons. The molecule has 3 aromatic rings. The van der Waals surface area contributed by atoms with Gasteiger partial charge >= 0.3 is 0 Å². The Morgan fingerprint density at radius 2 is 1.67 bits per heavy atom. The number of hydrogen-bond donors (Lipinski definition) is 0. The molecule has 0 unspecified atom stereocenters. The van der Waals surface area contributed by atoms with Crippen LogP contribution in [0.2, 0.25) is 5.02 Å². The van der Waals surface area contributed by atoms with Gasteiger partial charge in [-0.3, -0.25) is 4.79 Å². The fourth-order valence-corrected chi connectivity index (χ4v) is 6.51. The largest absolute Gasteiger partial charge is 0.345 e. The number of carbonyl (C=O) groups excluding carboxylic acids is 1. The second-order valence-electron chi connectivity index (χ2n) is 9.28. The highest BCUT2D eigenvalue weighted by molar-refractivity contribution is 7.89. The average Bonchev–Trinajstić information content (AvgIpc) is 3.34. The third-order valence-electron chi connectivity index (χ3n) is 6.94. The second-order valence-corrected chi connectivity index (χ2v) is 11.6. The highest BCUT2D eigenvalue weighted by Crippen LogP contribution is 2.26. The summed E-state index contributed by atoms with van der Waals surface area (Å²) in [6.45, 7) is 2.87. The molecule has 0 bridgehead atoms. The lowest BCUT2D eigenvalue weighted by Gasteiger charge is -2.36. The van der Waals surface area contributed by atoms with Crippen LogP contribution < -0.4 is 0 Å². The van der Waals surface area contributed by atoms with Crippen LogP contribution in [-0.2, 0) is 27.9 Å². The predicted octanol–water partition coefficient (Wildman–Crippen LogP) is 5.56. The van der Waals surface area contributed by atoms with Crippen molar-refractivity contribution in [3.8, 4) is 0 Å². The lowest BCUT2D eigenvalue weighted by molar-refractivity contribution is -0.135. The van der Waals surface area contributed by atoms with E-state index in [1.165, 1.54) is 10.7 Å². The molecule has 1 aromatic heterocycles. The fourth-order valence-electron chi connectivity index (χ4n) is 4.90. The van der Waals surface area contributed by atoms with Gasteiger partial charge in [0.25, 0.3) is 0 Å². The molecule has 192 valence electrons. The minimum absolute atomic E-state index is 0.105. The normalized spacial score (nSPS) is 14.8. The molecule has 0 atom stereocenters. The molecule has 4 rings (SSSR count). The summed E-state index contributed by atoms with van der Waals surface area (Å²) in [4.78, 5) is 15.8. The van der Waals surface area contributed by atoms with Gasteiger partial charge in [0, 0.05) is 36.0 Å². The molecule has 1 aliphatic rings. The standard InChI is InChI=1S/C28H34ClN3O3S/c1-2-31(36(34,35)26-16-7-4-8-17-26)22-28(33)32(24-13-5-3-6-14-24)21-25-15-11-19-30(25)20-23-12-9-10-18-27(23)29/h4,7-12,15-19,24H,2-3,5-6,13-14,20-22H2,1H3. The van der Waals surface area contributed by atoms with Gasteiger partial charge in [-0.2, -0.15) is 4.31 Å². The summed E-state index contributed by atoms with van der Waals surface area (Å²) >= 11 is 6.40. The van der Waals surface area contributed by atoms with Crippen LogP contribution >= 0.6 is 11.6 Å². The van der Waals surface area contributed by atoms with Gasteiger partial charge in [0.05, 0.1) is 18.0 Å². The quantitative estimate of drug-likeness (QED) is 0.346.